The van der Waals surface area contributed by atoms with Crippen molar-refractivity contribution in [1.29, 1.82) is 0 Å². The Morgan fingerprint density at radius 1 is 1.21 bits per heavy atom. The molecule has 1 aliphatic heterocycles. The summed E-state index contributed by atoms with van der Waals surface area (Å²) in [6, 6.07) is 2.05. The topological polar surface area (TPSA) is 40.6 Å². The van der Waals surface area contributed by atoms with Crippen molar-refractivity contribution in [2.75, 3.05) is 26.2 Å². The van der Waals surface area contributed by atoms with E-state index in [-0.39, 0.29) is 11.8 Å². The molecule has 4 nitrogen and oxygen atoms in total. The Kier molecular flexibility index (Phi) is 5.59. The van der Waals surface area contributed by atoms with Crippen LogP contribution in [0.5, 0.6) is 0 Å². The van der Waals surface area contributed by atoms with Crippen LogP contribution in [0.15, 0.2) is 6.07 Å². The summed E-state index contributed by atoms with van der Waals surface area (Å²) in [4.78, 5) is 31.4. The molecule has 0 radical (unpaired) electrons. The molecule has 5 heteroatoms. The molecule has 1 aromatic rings. The second-order valence-corrected chi connectivity index (χ2v) is 8.00. The molecule has 0 unspecified atom stereocenters. The van der Waals surface area contributed by atoms with E-state index in [0.717, 1.165) is 63.2 Å². The number of carbonyl (C=O) groups excluding carboxylic acids is 2. The van der Waals surface area contributed by atoms with Gasteiger partial charge >= 0.3 is 0 Å². The minimum Gasteiger partial charge on any atom is -0.342 e. The molecule has 24 heavy (non-hydrogen) atoms. The van der Waals surface area contributed by atoms with E-state index in [2.05, 4.69) is 11.0 Å². The van der Waals surface area contributed by atoms with Gasteiger partial charge in [-0.1, -0.05) is 0 Å². The lowest BCUT2D eigenvalue weighted by Crippen LogP contribution is -2.41. The van der Waals surface area contributed by atoms with Crippen LogP contribution in [-0.2, 0) is 17.6 Å². The molecule has 0 aromatic carbocycles. The third-order valence-electron chi connectivity index (χ3n) is 5.36. The van der Waals surface area contributed by atoms with Gasteiger partial charge in [-0.2, -0.15) is 0 Å². The number of fused-ring (bicyclic) bond motifs is 1. The van der Waals surface area contributed by atoms with Crippen LogP contribution in [0.1, 0.15) is 59.6 Å². The molecule has 0 N–H and O–H groups in total. The summed E-state index contributed by atoms with van der Waals surface area (Å²) in [5.41, 5.74) is 1.23. The zero-order valence-electron chi connectivity index (χ0n) is 14.8. The zero-order valence-corrected chi connectivity index (χ0v) is 15.7. The van der Waals surface area contributed by atoms with Crippen LogP contribution >= 0.6 is 11.3 Å². The molecule has 0 saturated carbocycles. The highest BCUT2D eigenvalue weighted by atomic mass is 32.1. The smallest absolute Gasteiger partial charge is 0.263 e. The Labute approximate surface area is 148 Å². The molecular formula is C19H28N2O2S. The SMILES string of the molecule is CCN(CC)C(=O)c1cc2c(s1)CC[C@@H](C(=O)N1CCCCC1)C2. The largest absolute Gasteiger partial charge is 0.342 e. The van der Waals surface area contributed by atoms with Gasteiger partial charge in [-0.15, -0.1) is 11.3 Å². The molecule has 1 fully saturated rings. The van der Waals surface area contributed by atoms with E-state index in [1.54, 1.807) is 11.3 Å². The molecular weight excluding hydrogens is 320 g/mol. The number of nitrogens with zero attached hydrogens (tertiary/aromatic N) is 2. The van der Waals surface area contributed by atoms with Crippen molar-refractivity contribution in [3.8, 4) is 0 Å². The van der Waals surface area contributed by atoms with Crippen molar-refractivity contribution in [2.24, 2.45) is 5.92 Å². The molecule has 2 amide bonds. The van der Waals surface area contributed by atoms with E-state index in [1.807, 2.05) is 18.7 Å². The highest BCUT2D eigenvalue weighted by molar-refractivity contribution is 7.14. The molecule has 3 rings (SSSR count). The van der Waals surface area contributed by atoms with Gasteiger partial charge in [0.05, 0.1) is 4.88 Å². The number of aryl methyl sites for hydroxylation is 1. The number of rotatable bonds is 4. The predicted octanol–water partition coefficient (Wildman–Crippen LogP) is 3.35. The van der Waals surface area contributed by atoms with Gasteiger partial charge in [0.2, 0.25) is 5.91 Å². The maximum Gasteiger partial charge on any atom is 0.263 e. The average molecular weight is 349 g/mol. The molecule has 0 spiro atoms. The number of carbonyl (C=O) groups is 2. The zero-order chi connectivity index (χ0) is 17.1. The van der Waals surface area contributed by atoms with E-state index in [0.29, 0.717) is 5.91 Å². The molecule has 1 saturated heterocycles. The maximum absolute atomic E-state index is 12.8. The average Bonchev–Trinajstić information content (AvgIpc) is 3.06. The lowest BCUT2D eigenvalue weighted by Gasteiger charge is -2.31. The number of hydrogen-bond donors (Lipinski definition) is 0. The summed E-state index contributed by atoms with van der Waals surface area (Å²) >= 11 is 1.64. The first-order valence-corrected chi connectivity index (χ1v) is 10.1. The van der Waals surface area contributed by atoms with Gasteiger partial charge in [-0.3, -0.25) is 9.59 Å². The van der Waals surface area contributed by atoms with E-state index in [9.17, 15) is 9.59 Å². The van der Waals surface area contributed by atoms with Crippen molar-refractivity contribution in [2.45, 2.75) is 52.4 Å². The second kappa shape index (κ2) is 7.68. The molecule has 2 aliphatic rings. The molecule has 132 valence electrons. The van der Waals surface area contributed by atoms with E-state index in [4.69, 9.17) is 0 Å². The van der Waals surface area contributed by atoms with Gasteiger partial charge in [-0.25, -0.2) is 0 Å². The molecule has 1 aromatic heterocycles. The monoisotopic (exact) mass is 348 g/mol. The lowest BCUT2D eigenvalue weighted by molar-refractivity contribution is -0.136. The molecule has 0 bridgehead atoms. The first kappa shape index (κ1) is 17.5. The fourth-order valence-electron chi connectivity index (χ4n) is 3.88. The minimum atomic E-state index is 0.113. The van der Waals surface area contributed by atoms with Gasteiger partial charge in [0.15, 0.2) is 0 Å². The van der Waals surface area contributed by atoms with Crippen LogP contribution in [0.25, 0.3) is 0 Å². The van der Waals surface area contributed by atoms with Gasteiger partial charge in [0.25, 0.3) is 5.91 Å². The van der Waals surface area contributed by atoms with Crippen LogP contribution in [-0.4, -0.2) is 47.8 Å². The molecule has 1 atom stereocenters. The Hall–Kier alpha value is -1.36. The summed E-state index contributed by atoms with van der Waals surface area (Å²) in [7, 11) is 0. The first-order valence-electron chi connectivity index (χ1n) is 9.33. The van der Waals surface area contributed by atoms with Crippen LogP contribution in [0.4, 0.5) is 0 Å². The maximum atomic E-state index is 12.8. The Balaban J connectivity index is 1.69. The van der Waals surface area contributed by atoms with E-state index in [1.165, 1.54) is 16.9 Å². The summed E-state index contributed by atoms with van der Waals surface area (Å²) in [5, 5.41) is 0. The lowest BCUT2D eigenvalue weighted by atomic mass is 9.87. The number of amides is 2. The number of likely N-dealkylation sites (tertiary alicyclic amines) is 1. The highest BCUT2D eigenvalue weighted by Crippen LogP contribution is 2.34. The van der Waals surface area contributed by atoms with Gasteiger partial charge in [0.1, 0.15) is 0 Å². The Bertz CT molecular complexity index is 601. The number of thiophene rings is 1. The standard InChI is InChI=1S/C19H28N2O2S/c1-3-20(4-2)19(23)17-13-15-12-14(8-9-16(15)24-17)18(22)21-10-6-5-7-11-21/h13-14H,3-12H2,1-2H3/t14-/m1/s1. The Morgan fingerprint density at radius 2 is 1.92 bits per heavy atom. The fraction of sp³-hybridized carbons (Fsp3) is 0.684. The van der Waals surface area contributed by atoms with Crippen molar-refractivity contribution in [3.63, 3.8) is 0 Å². The van der Waals surface area contributed by atoms with Crippen molar-refractivity contribution in [3.05, 3.63) is 21.4 Å². The second-order valence-electron chi connectivity index (χ2n) is 6.86. The first-order chi connectivity index (χ1) is 11.6. The van der Waals surface area contributed by atoms with Gasteiger partial charge < -0.3 is 9.80 Å². The van der Waals surface area contributed by atoms with Crippen molar-refractivity contribution < 1.29 is 9.59 Å². The number of hydrogen-bond acceptors (Lipinski definition) is 3. The van der Waals surface area contributed by atoms with Crippen LogP contribution in [0.3, 0.4) is 0 Å². The quantitative estimate of drug-likeness (QED) is 0.837. The van der Waals surface area contributed by atoms with Crippen LogP contribution in [0, 0.1) is 5.92 Å². The predicted molar refractivity (Wildman–Crippen MR) is 97.5 cm³/mol. The van der Waals surface area contributed by atoms with Crippen molar-refractivity contribution in [1.82, 2.24) is 9.80 Å². The van der Waals surface area contributed by atoms with Gasteiger partial charge in [-0.05, 0) is 64.0 Å². The Morgan fingerprint density at radius 3 is 2.58 bits per heavy atom. The summed E-state index contributed by atoms with van der Waals surface area (Å²) in [6.07, 6.45) is 6.22. The fourth-order valence-corrected chi connectivity index (χ4v) is 5.06. The molecule has 1 aliphatic carbocycles. The summed E-state index contributed by atoms with van der Waals surface area (Å²) in [5.74, 6) is 0.586. The highest BCUT2D eigenvalue weighted by Gasteiger charge is 2.31. The normalized spacial score (nSPS) is 20.6. The van der Waals surface area contributed by atoms with Crippen molar-refractivity contribution >= 4 is 23.2 Å². The summed E-state index contributed by atoms with van der Waals surface area (Å²) in [6.45, 7) is 7.38. The third-order valence-corrected chi connectivity index (χ3v) is 6.59. The number of piperidine rings is 1. The van der Waals surface area contributed by atoms with Gasteiger partial charge in [0, 0.05) is 37.0 Å². The summed E-state index contributed by atoms with van der Waals surface area (Å²) < 4.78 is 0. The van der Waals surface area contributed by atoms with E-state index >= 15 is 0 Å². The van der Waals surface area contributed by atoms with Crippen LogP contribution in [0.2, 0.25) is 0 Å². The van der Waals surface area contributed by atoms with E-state index < -0.39 is 0 Å². The van der Waals surface area contributed by atoms with Crippen LogP contribution < -0.4 is 0 Å². The third kappa shape index (κ3) is 3.51. The minimum absolute atomic E-state index is 0.113. The molecule has 2 heterocycles.